The van der Waals surface area contributed by atoms with Crippen molar-refractivity contribution in [3.8, 4) is 11.5 Å². The fourth-order valence-corrected chi connectivity index (χ4v) is 7.20. The van der Waals surface area contributed by atoms with Gasteiger partial charge in [0.05, 0.1) is 51.2 Å². The van der Waals surface area contributed by atoms with Gasteiger partial charge >= 0.3 is 5.97 Å². The molecule has 0 bridgehead atoms. The van der Waals surface area contributed by atoms with E-state index in [0.717, 1.165) is 35.3 Å². The van der Waals surface area contributed by atoms with Crippen LogP contribution in [0.3, 0.4) is 0 Å². The minimum atomic E-state index is -0.565. The first-order valence-electron chi connectivity index (χ1n) is 16.6. The van der Waals surface area contributed by atoms with E-state index in [0.29, 0.717) is 31.8 Å². The summed E-state index contributed by atoms with van der Waals surface area (Å²) in [6.45, 7) is 8.59. The molecule has 1 saturated carbocycles. The number of methoxy groups -OCH3 is 2. The molecule has 0 amide bonds. The molecule has 0 spiro atoms. The van der Waals surface area contributed by atoms with Crippen molar-refractivity contribution in [3.05, 3.63) is 71.8 Å². The average molecular weight is 635 g/mol. The molecule has 46 heavy (non-hydrogen) atoms. The average Bonchev–Trinajstić information content (AvgIpc) is 3.37. The molecule has 0 N–H and O–H groups in total. The number of carbonyl (C=O) groups is 2. The third kappa shape index (κ3) is 8.20. The van der Waals surface area contributed by atoms with Crippen LogP contribution in [0, 0.1) is 35.0 Å². The molecule has 1 saturated heterocycles. The van der Waals surface area contributed by atoms with Crippen molar-refractivity contribution in [2.24, 2.45) is 35.0 Å². The summed E-state index contributed by atoms with van der Waals surface area (Å²) in [4.78, 5) is 25.1. The van der Waals surface area contributed by atoms with Gasteiger partial charge in [-0.1, -0.05) is 43.3 Å². The van der Waals surface area contributed by atoms with Crippen molar-refractivity contribution in [1.29, 1.82) is 0 Å². The molecule has 5 rings (SSSR count). The molecule has 250 valence electrons. The first-order valence-corrected chi connectivity index (χ1v) is 16.6. The Hall–Kier alpha value is -3.20. The van der Waals surface area contributed by atoms with Crippen LogP contribution in [0.5, 0.6) is 11.5 Å². The highest BCUT2D eigenvalue weighted by Crippen LogP contribution is 2.49. The Bertz CT molecular complexity index is 1310. The van der Waals surface area contributed by atoms with Crippen molar-refractivity contribution in [3.63, 3.8) is 0 Å². The quantitative estimate of drug-likeness (QED) is 0.139. The van der Waals surface area contributed by atoms with Crippen LogP contribution in [0.15, 0.2) is 60.7 Å². The molecule has 1 aliphatic heterocycles. The van der Waals surface area contributed by atoms with E-state index in [9.17, 15) is 9.59 Å². The Morgan fingerprint density at radius 3 is 2.20 bits per heavy atom. The van der Waals surface area contributed by atoms with Gasteiger partial charge in [-0.05, 0) is 81.2 Å². The van der Waals surface area contributed by atoms with Gasteiger partial charge in [0.1, 0.15) is 17.8 Å². The van der Waals surface area contributed by atoms with Gasteiger partial charge in [-0.2, -0.15) is 0 Å². The minimum absolute atomic E-state index is 0.0604. The van der Waals surface area contributed by atoms with E-state index in [1.807, 2.05) is 69.3 Å². The number of esters is 1. The maximum atomic E-state index is 12.7. The van der Waals surface area contributed by atoms with Crippen molar-refractivity contribution >= 4 is 12.3 Å². The molecule has 2 aromatic rings. The normalized spacial score (nSPS) is 30.8. The smallest absolute Gasteiger partial charge is 0.311 e. The number of ether oxygens (including phenoxy) is 6. The third-order valence-electron chi connectivity index (χ3n) is 9.77. The number of hydrogen-bond donors (Lipinski definition) is 0. The molecule has 0 radical (unpaired) electrons. The lowest BCUT2D eigenvalue weighted by molar-refractivity contribution is -0.253. The number of hydrogen-bond acceptors (Lipinski definition) is 8. The molecule has 0 aromatic heterocycles. The molecule has 2 fully saturated rings. The first kappa shape index (κ1) is 34.1. The fraction of sp³-hybridized carbons (Fsp3) is 0.579. The highest BCUT2D eigenvalue weighted by Gasteiger charge is 2.48. The highest BCUT2D eigenvalue weighted by molar-refractivity contribution is 5.75. The Balaban J connectivity index is 1.26. The second-order valence-electron chi connectivity index (χ2n) is 14.1. The second-order valence-corrected chi connectivity index (χ2v) is 14.1. The van der Waals surface area contributed by atoms with E-state index in [4.69, 9.17) is 28.4 Å². The zero-order chi connectivity index (χ0) is 32.8. The molecule has 8 nitrogen and oxygen atoms in total. The molecule has 3 aliphatic rings. The van der Waals surface area contributed by atoms with Gasteiger partial charge in [-0.3, -0.25) is 4.79 Å². The van der Waals surface area contributed by atoms with Gasteiger partial charge in [0.2, 0.25) is 0 Å². The number of rotatable bonds is 12. The molecule has 2 aromatic carbocycles. The summed E-state index contributed by atoms with van der Waals surface area (Å²) in [5.74, 6) is 2.09. The van der Waals surface area contributed by atoms with E-state index >= 15 is 0 Å². The third-order valence-corrected chi connectivity index (χ3v) is 9.77. The molecular formula is C38H50O8. The van der Waals surface area contributed by atoms with Crippen molar-refractivity contribution in [2.75, 3.05) is 20.8 Å². The zero-order valence-corrected chi connectivity index (χ0v) is 28.1. The van der Waals surface area contributed by atoms with Gasteiger partial charge in [0, 0.05) is 30.2 Å². The zero-order valence-electron chi connectivity index (χ0n) is 28.1. The van der Waals surface area contributed by atoms with Crippen LogP contribution in [0.4, 0.5) is 0 Å². The Labute approximate surface area is 273 Å². The van der Waals surface area contributed by atoms with Gasteiger partial charge < -0.3 is 33.2 Å². The lowest BCUT2D eigenvalue weighted by Crippen LogP contribution is -2.39. The van der Waals surface area contributed by atoms with Gasteiger partial charge in [-0.25, -0.2) is 0 Å². The lowest BCUT2D eigenvalue weighted by Gasteiger charge is -2.40. The van der Waals surface area contributed by atoms with Crippen LogP contribution in [0.1, 0.15) is 70.8 Å². The fourth-order valence-electron chi connectivity index (χ4n) is 7.20. The molecule has 2 aliphatic carbocycles. The molecule has 9 atom stereocenters. The first-order chi connectivity index (χ1) is 22.1. The summed E-state index contributed by atoms with van der Waals surface area (Å²) < 4.78 is 35.6. The summed E-state index contributed by atoms with van der Waals surface area (Å²) >= 11 is 0. The van der Waals surface area contributed by atoms with Gasteiger partial charge in [0.15, 0.2) is 6.29 Å². The van der Waals surface area contributed by atoms with Crippen LogP contribution in [-0.4, -0.2) is 51.4 Å². The van der Waals surface area contributed by atoms with E-state index in [1.54, 1.807) is 14.2 Å². The monoisotopic (exact) mass is 634 g/mol. The van der Waals surface area contributed by atoms with E-state index < -0.39 is 11.7 Å². The summed E-state index contributed by atoms with van der Waals surface area (Å²) in [7, 11) is 3.30. The summed E-state index contributed by atoms with van der Waals surface area (Å²) in [5, 5.41) is 0. The topological polar surface area (TPSA) is 89.5 Å². The number of benzene rings is 2. The van der Waals surface area contributed by atoms with Crippen LogP contribution >= 0.6 is 0 Å². The highest BCUT2D eigenvalue weighted by atomic mass is 16.7. The standard InChI is InChI=1S/C38H50O8/c1-24-19-33-32(35(24)44-23-25-7-12-28(41-5)13-8-25)16-11-27(34(33)22-39)20-31-21-30(17-18-43-37(40)38(2,3)4)45-36(46-31)26-9-14-29(42-6)15-10-26/h7-16,22,24,27,30-36H,17-21,23H2,1-6H3/t24-,27+,30-,31+,32-,33-,34-,35-,36-/m1/s1. The van der Waals surface area contributed by atoms with Crippen molar-refractivity contribution < 1.29 is 38.0 Å². The molecule has 0 unspecified atom stereocenters. The molecule has 8 heteroatoms. The Morgan fingerprint density at radius 1 is 0.913 bits per heavy atom. The van der Waals surface area contributed by atoms with Crippen LogP contribution in [0.2, 0.25) is 0 Å². The van der Waals surface area contributed by atoms with Gasteiger partial charge in [-0.15, -0.1) is 0 Å². The van der Waals surface area contributed by atoms with E-state index in [2.05, 4.69) is 19.1 Å². The van der Waals surface area contributed by atoms with Gasteiger partial charge in [0.25, 0.3) is 0 Å². The summed E-state index contributed by atoms with van der Waals surface area (Å²) in [5.41, 5.74) is 1.44. The lowest BCUT2D eigenvalue weighted by atomic mass is 9.70. The SMILES string of the molecule is COc1ccc(CO[C@H]2[C@@H]3C=C[C@@H](C[C@H]4C[C@@H](CCOC(=O)C(C)(C)C)O[C@@H](c5ccc(OC)cc5)O4)[C@@H](C=O)[C@@H]3C[C@H]2C)cc1. The molecule has 1 heterocycles. The van der Waals surface area contributed by atoms with Crippen molar-refractivity contribution in [1.82, 2.24) is 0 Å². The molecular weight excluding hydrogens is 584 g/mol. The maximum absolute atomic E-state index is 12.7. The second kappa shape index (κ2) is 15.1. The van der Waals surface area contributed by atoms with Crippen LogP contribution in [0.25, 0.3) is 0 Å². The summed E-state index contributed by atoms with van der Waals surface area (Å²) in [6.07, 6.45) is 7.79. The Morgan fingerprint density at radius 2 is 1.57 bits per heavy atom. The predicted octanol–water partition coefficient (Wildman–Crippen LogP) is 7.10. The number of fused-ring (bicyclic) bond motifs is 1. The Kier molecular flexibility index (Phi) is 11.2. The van der Waals surface area contributed by atoms with Crippen LogP contribution < -0.4 is 9.47 Å². The van der Waals surface area contributed by atoms with Crippen LogP contribution in [-0.2, 0) is 35.1 Å². The number of carbonyl (C=O) groups excluding carboxylic acids is 2. The maximum Gasteiger partial charge on any atom is 0.311 e. The largest absolute Gasteiger partial charge is 0.497 e. The predicted molar refractivity (Wildman–Crippen MR) is 174 cm³/mol. The number of allylic oxidation sites excluding steroid dienone is 1. The van der Waals surface area contributed by atoms with E-state index in [-0.39, 0.29) is 54.6 Å². The number of aldehydes is 1. The summed E-state index contributed by atoms with van der Waals surface area (Å²) in [6, 6.07) is 15.7. The minimum Gasteiger partial charge on any atom is -0.497 e. The van der Waals surface area contributed by atoms with Crippen molar-refractivity contribution in [2.45, 2.75) is 84.6 Å². The van der Waals surface area contributed by atoms with E-state index in [1.165, 1.54) is 0 Å².